The molecule has 1 aromatic heterocycles. The summed E-state index contributed by atoms with van der Waals surface area (Å²) in [7, 11) is 2.16. The number of nitrogens with zero attached hydrogens (tertiary/aromatic N) is 5. The summed E-state index contributed by atoms with van der Waals surface area (Å²) in [5.74, 6) is 1.08. The van der Waals surface area contributed by atoms with Crippen LogP contribution in [0.4, 0.5) is 5.82 Å². The van der Waals surface area contributed by atoms with Gasteiger partial charge in [0, 0.05) is 67.7 Å². The molecule has 7 heteroatoms. The van der Waals surface area contributed by atoms with Crippen LogP contribution in [0.5, 0.6) is 0 Å². The second-order valence-corrected chi connectivity index (χ2v) is 10.0. The van der Waals surface area contributed by atoms with Crippen LogP contribution in [-0.2, 0) is 0 Å². The Balaban J connectivity index is 1.53. The van der Waals surface area contributed by atoms with Gasteiger partial charge in [0.25, 0.3) is 0 Å². The zero-order valence-electron chi connectivity index (χ0n) is 20.3. The van der Waals surface area contributed by atoms with Crippen molar-refractivity contribution in [2.24, 2.45) is 5.73 Å². The highest BCUT2D eigenvalue weighted by Gasteiger charge is 2.37. The Hall–Kier alpha value is -3.11. The molecule has 3 aliphatic heterocycles. The average molecular weight is 475 g/mol. The van der Waals surface area contributed by atoms with E-state index in [0.717, 1.165) is 49.7 Å². The Morgan fingerprint density at radius 2 is 2.06 bits per heavy atom. The molecule has 6 nitrogen and oxygen atoms in total. The lowest BCUT2D eigenvalue weighted by Gasteiger charge is -2.34. The summed E-state index contributed by atoms with van der Waals surface area (Å²) in [6.07, 6.45) is 11.6. The second kappa shape index (κ2) is 10.4. The quantitative estimate of drug-likeness (QED) is 0.437. The Morgan fingerprint density at radius 1 is 1.29 bits per heavy atom. The van der Waals surface area contributed by atoms with Crippen LogP contribution >= 0.6 is 11.8 Å². The maximum absolute atomic E-state index is 9.47. The zero-order valence-corrected chi connectivity index (χ0v) is 21.1. The highest BCUT2D eigenvalue weighted by molar-refractivity contribution is 8.03. The molecule has 1 fully saturated rings. The lowest BCUT2D eigenvalue weighted by atomic mass is 10.1. The van der Waals surface area contributed by atoms with Gasteiger partial charge in [-0.3, -0.25) is 0 Å². The molecule has 3 aliphatic rings. The predicted octanol–water partition coefficient (Wildman–Crippen LogP) is 5.40. The van der Waals surface area contributed by atoms with Crippen LogP contribution in [0.3, 0.4) is 0 Å². The van der Waals surface area contributed by atoms with E-state index in [1.165, 1.54) is 35.4 Å². The average Bonchev–Trinajstić information content (AvgIpc) is 3.20. The summed E-state index contributed by atoms with van der Waals surface area (Å²) in [5.41, 5.74) is 10.9. The van der Waals surface area contributed by atoms with E-state index in [-0.39, 0.29) is 11.1 Å². The van der Waals surface area contributed by atoms with E-state index in [2.05, 4.69) is 66.1 Å². The third-order valence-electron chi connectivity index (χ3n) is 6.65. The molecule has 34 heavy (non-hydrogen) atoms. The molecule has 1 saturated heterocycles. The molecule has 0 amide bonds. The smallest absolute Gasteiger partial charge is 0.128 e. The van der Waals surface area contributed by atoms with Crippen LogP contribution < -0.4 is 10.6 Å². The molecule has 4 heterocycles. The van der Waals surface area contributed by atoms with Crippen molar-refractivity contribution in [1.82, 2.24) is 14.8 Å². The van der Waals surface area contributed by atoms with Crippen LogP contribution in [-0.4, -0.2) is 41.5 Å². The normalized spacial score (nSPS) is 21.6. The first-order chi connectivity index (χ1) is 16.4. The third kappa shape index (κ3) is 4.74. The fourth-order valence-corrected chi connectivity index (χ4v) is 6.20. The number of nitrogens with two attached hydrogens (primary N) is 1. The Labute approximate surface area is 207 Å². The zero-order chi connectivity index (χ0) is 24.2. The van der Waals surface area contributed by atoms with Crippen molar-refractivity contribution in [2.75, 3.05) is 31.6 Å². The van der Waals surface area contributed by atoms with Crippen LogP contribution in [0.25, 0.3) is 0 Å². The topological polar surface area (TPSA) is 72.4 Å². The number of hydrogen-bond acceptors (Lipinski definition) is 7. The molecule has 2 N–H and O–H groups in total. The summed E-state index contributed by atoms with van der Waals surface area (Å²) >= 11 is 1.83. The molecule has 4 rings (SSSR count). The number of pyridine rings is 1. The fourth-order valence-electron chi connectivity index (χ4n) is 4.79. The van der Waals surface area contributed by atoms with Crippen molar-refractivity contribution in [3.63, 3.8) is 0 Å². The minimum absolute atomic E-state index is 0.178. The van der Waals surface area contributed by atoms with E-state index in [9.17, 15) is 5.26 Å². The van der Waals surface area contributed by atoms with Gasteiger partial charge >= 0.3 is 0 Å². The number of nitriles is 1. The molecule has 1 atom stereocenters. The minimum atomic E-state index is 0.178. The van der Waals surface area contributed by atoms with Crippen molar-refractivity contribution in [1.29, 1.82) is 5.26 Å². The van der Waals surface area contributed by atoms with E-state index in [4.69, 9.17) is 10.7 Å². The van der Waals surface area contributed by atoms with Gasteiger partial charge in [-0.2, -0.15) is 5.26 Å². The molecule has 0 spiro atoms. The van der Waals surface area contributed by atoms with Crippen molar-refractivity contribution >= 4 is 17.6 Å². The van der Waals surface area contributed by atoms with Crippen LogP contribution in [0.1, 0.15) is 50.0 Å². The molecule has 0 aliphatic carbocycles. The number of piperidine rings is 1. The van der Waals surface area contributed by atoms with Gasteiger partial charge in [-0.1, -0.05) is 44.0 Å². The number of anilines is 1. The van der Waals surface area contributed by atoms with Gasteiger partial charge in [-0.15, -0.1) is 0 Å². The van der Waals surface area contributed by atoms with E-state index in [1.807, 2.05) is 24.0 Å². The number of thioether (sulfide) groups is 1. The van der Waals surface area contributed by atoms with Crippen molar-refractivity contribution in [2.45, 2.75) is 44.4 Å². The highest BCUT2D eigenvalue weighted by Crippen LogP contribution is 2.52. The Kier molecular flexibility index (Phi) is 7.38. The van der Waals surface area contributed by atoms with Gasteiger partial charge in [0.1, 0.15) is 17.3 Å². The number of rotatable bonds is 6. The molecule has 0 bridgehead atoms. The number of aromatic nitrogens is 1. The highest BCUT2D eigenvalue weighted by atomic mass is 32.2. The fraction of sp³-hybridized carbons (Fsp3) is 0.407. The minimum Gasteiger partial charge on any atom is -0.398 e. The van der Waals surface area contributed by atoms with Crippen molar-refractivity contribution < 1.29 is 0 Å². The van der Waals surface area contributed by atoms with Gasteiger partial charge in [-0.25, -0.2) is 4.98 Å². The van der Waals surface area contributed by atoms with Crippen LogP contribution in [0.2, 0.25) is 0 Å². The molecule has 1 aromatic rings. The molecule has 178 valence electrons. The molecule has 1 unspecified atom stereocenters. The maximum Gasteiger partial charge on any atom is 0.128 e. The van der Waals surface area contributed by atoms with E-state index in [0.29, 0.717) is 5.57 Å². The molecule has 0 saturated carbocycles. The van der Waals surface area contributed by atoms with Crippen LogP contribution in [0.15, 0.2) is 76.9 Å². The Morgan fingerprint density at radius 3 is 2.68 bits per heavy atom. The molecular weight excluding hydrogens is 440 g/mol. The van der Waals surface area contributed by atoms with Crippen molar-refractivity contribution in [3.8, 4) is 6.07 Å². The number of hydrogen-bond donors (Lipinski definition) is 1. The monoisotopic (exact) mass is 474 g/mol. The first kappa shape index (κ1) is 24.0. The molecule has 0 radical (unpaired) electrons. The van der Waals surface area contributed by atoms with Gasteiger partial charge in [-0.05, 0) is 37.8 Å². The van der Waals surface area contributed by atoms with Crippen LogP contribution in [0, 0.1) is 11.3 Å². The van der Waals surface area contributed by atoms with Gasteiger partial charge in [0.05, 0.1) is 10.5 Å². The van der Waals surface area contributed by atoms with Gasteiger partial charge in [0.2, 0.25) is 0 Å². The van der Waals surface area contributed by atoms with Gasteiger partial charge < -0.3 is 20.4 Å². The van der Waals surface area contributed by atoms with Gasteiger partial charge in [0.15, 0.2) is 0 Å². The Bertz CT molecular complexity index is 1090. The lowest BCUT2D eigenvalue weighted by Crippen LogP contribution is -2.30. The number of allylic oxidation sites excluding steroid dienone is 3. The maximum atomic E-state index is 9.47. The largest absolute Gasteiger partial charge is 0.398 e. The molecule has 0 aromatic carbocycles. The predicted molar refractivity (Wildman–Crippen MR) is 141 cm³/mol. The third-order valence-corrected chi connectivity index (χ3v) is 8.17. The van der Waals surface area contributed by atoms with E-state index in [1.54, 1.807) is 0 Å². The summed E-state index contributed by atoms with van der Waals surface area (Å²) in [4.78, 5) is 13.0. The first-order valence-corrected chi connectivity index (χ1v) is 12.9. The van der Waals surface area contributed by atoms with E-state index >= 15 is 0 Å². The summed E-state index contributed by atoms with van der Waals surface area (Å²) in [5, 5.41) is 9.65. The lowest BCUT2D eigenvalue weighted by molar-refractivity contribution is 0.352. The first-order valence-electron chi connectivity index (χ1n) is 12.0. The second-order valence-electron chi connectivity index (χ2n) is 8.93. The van der Waals surface area contributed by atoms with E-state index < -0.39 is 0 Å². The molecular formula is C27H34N6S. The summed E-state index contributed by atoms with van der Waals surface area (Å²) < 4.78 is 0. The summed E-state index contributed by atoms with van der Waals surface area (Å²) in [6, 6.07) is 6.55. The SMILES string of the molecule is C=C(N)/C(C#N)=C\C(=C/CC)N1CCC2=C(SC(c3ccc(N4CCCCC4)nc3)N2C)C1=C. The standard InChI is InChI=1S/C27H34N6S/c1-5-9-23(16-22(17-28)19(2)29)33-15-12-24-26(20(33)3)34-27(31(24)4)21-10-11-25(30-18-21)32-13-7-6-8-14-32/h9-11,16,18,27H,2-3,5-8,12-15,29H2,1,4H3/b22-16-,23-9+. The summed E-state index contributed by atoms with van der Waals surface area (Å²) in [6.45, 7) is 13.3. The van der Waals surface area contributed by atoms with Crippen molar-refractivity contribution in [3.05, 3.63) is 82.5 Å².